The summed E-state index contributed by atoms with van der Waals surface area (Å²) in [7, 11) is -1.57. The van der Waals surface area contributed by atoms with Crippen molar-refractivity contribution in [3.8, 4) is 0 Å². The van der Waals surface area contributed by atoms with Gasteiger partial charge in [0.2, 0.25) is 0 Å². The molecule has 0 unspecified atom stereocenters. The van der Waals surface area contributed by atoms with Crippen LogP contribution in [0.15, 0.2) is 0 Å². The summed E-state index contributed by atoms with van der Waals surface area (Å²) in [4.78, 5) is 0. The van der Waals surface area contributed by atoms with E-state index in [1.807, 2.05) is 0 Å². The highest BCUT2D eigenvalue weighted by atomic mass is 79.9. The molecule has 0 N–H and O–H groups in total. The Morgan fingerprint density at radius 1 is 1.20 bits per heavy atom. The van der Waals surface area contributed by atoms with Gasteiger partial charge in [0.15, 0.2) is 0 Å². The maximum absolute atomic E-state index is 12.1. The van der Waals surface area contributed by atoms with Crippen LogP contribution >= 0.6 is 15.9 Å². The minimum Gasteiger partial charge on any atom is -0.195 e. The zero-order valence-corrected chi connectivity index (χ0v) is 11.6. The van der Waals surface area contributed by atoms with Crippen LogP contribution in [0.4, 0.5) is 0 Å². The van der Waals surface area contributed by atoms with Gasteiger partial charge in [-0.2, -0.15) is 17.0 Å². The summed E-state index contributed by atoms with van der Waals surface area (Å²) >= 11 is 3.26. The lowest BCUT2D eigenvalue weighted by atomic mass is 10.2. The Morgan fingerprint density at radius 2 is 1.73 bits per heavy atom. The first-order valence-electron chi connectivity index (χ1n) is 5.36. The number of halogens is 1. The molecule has 0 aliphatic carbocycles. The summed E-state index contributed by atoms with van der Waals surface area (Å²) in [5.41, 5.74) is 0. The van der Waals surface area contributed by atoms with E-state index in [-0.39, 0.29) is 0 Å². The van der Waals surface area contributed by atoms with Crippen LogP contribution < -0.4 is 0 Å². The van der Waals surface area contributed by atoms with Crippen LogP contribution in [0.2, 0.25) is 0 Å². The molecule has 1 saturated heterocycles. The maximum atomic E-state index is 12.1. The van der Waals surface area contributed by atoms with E-state index in [1.54, 1.807) is 11.4 Å². The van der Waals surface area contributed by atoms with Gasteiger partial charge in [0.25, 0.3) is 10.2 Å². The van der Waals surface area contributed by atoms with Crippen molar-refractivity contribution in [2.45, 2.75) is 25.7 Å². The smallest absolute Gasteiger partial charge is 0.195 e. The topological polar surface area (TPSA) is 40.6 Å². The highest BCUT2D eigenvalue weighted by molar-refractivity contribution is 9.09. The van der Waals surface area contributed by atoms with Crippen molar-refractivity contribution in [1.82, 2.24) is 8.61 Å². The molecule has 90 valence electrons. The van der Waals surface area contributed by atoms with E-state index in [1.165, 1.54) is 4.31 Å². The van der Waals surface area contributed by atoms with E-state index in [9.17, 15) is 8.42 Å². The lowest BCUT2D eigenvalue weighted by Gasteiger charge is -2.25. The van der Waals surface area contributed by atoms with Gasteiger partial charge >= 0.3 is 0 Å². The third-order valence-corrected chi connectivity index (χ3v) is 5.03. The van der Waals surface area contributed by atoms with E-state index in [4.69, 9.17) is 0 Å². The zero-order valence-electron chi connectivity index (χ0n) is 9.15. The normalized spacial score (nSPS) is 20.5. The van der Waals surface area contributed by atoms with Gasteiger partial charge in [0.05, 0.1) is 0 Å². The highest BCUT2D eigenvalue weighted by Gasteiger charge is 2.26. The number of rotatable bonds is 4. The molecule has 1 rings (SSSR count). The Kier molecular flexibility index (Phi) is 5.52. The minimum atomic E-state index is -3.21. The molecule has 1 aliphatic heterocycles. The SMILES string of the molecule is CN(CCBr)S(=O)(=O)N1CCCCCC1. The molecule has 0 aromatic carbocycles. The Bertz CT molecular complexity index is 274. The van der Waals surface area contributed by atoms with Crippen molar-refractivity contribution in [1.29, 1.82) is 0 Å². The van der Waals surface area contributed by atoms with Gasteiger partial charge in [0.1, 0.15) is 0 Å². The monoisotopic (exact) mass is 298 g/mol. The third kappa shape index (κ3) is 3.69. The van der Waals surface area contributed by atoms with E-state index >= 15 is 0 Å². The van der Waals surface area contributed by atoms with Crippen molar-refractivity contribution < 1.29 is 8.42 Å². The first-order chi connectivity index (χ1) is 7.09. The summed E-state index contributed by atoms with van der Waals surface area (Å²) in [6, 6.07) is 0. The van der Waals surface area contributed by atoms with Gasteiger partial charge < -0.3 is 0 Å². The lowest BCUT2D eigenvalue weighted by Crippen LogP contribution is -2.43. The van der Waals surface area contributed by atoms with Crippen LogP contribution in [-0.4, -0.2) is 49.0 Å². The van der Waals surface area contributed by atoms with Gasteiger partial charge in [-0.1, -0.05) is 28.8 Å². The van der Waals surface area contributed by atoms with E-state index in [0.29, 0.717) is 25.0 Å². The molecule has 4 nitrogen and oxygen atoms in total. The molecule has 0 aromatic heterocycles. The average molecular weight is 299 g/mol. The number of alkyl halides is 1. The second-order valence-corrected chi connectivity index (χ2v) is 6.66. The molecule has 1 heterocycles. The van der Waals surface area contributed by atoms with Crippen LogP contribution in [-0.2, 0) is 10.2 Å². The van der Waals surface area contributed by atoms with Crippen molar-refractivity contribution >= 4 is 26.1 Å². The molecule has 0 aromatic rings. The number of nitrogens with zero attached hydrogens (tertiary/aromatic N) is 2. The third-order valence-electron chi connectivity index (χ3n) is 2.68. The average Bonchev–Trinajstić information content (AvgIpc) is 2.46. The first-order valence-corrected chi connectivity index (χ1v) is 7.88. The van der Waals surface area contributed by atoms with Gasteiger partial charge in [0, 0.05) is 32.0 Å². The fourth-order valence-corrected chi connectivity index (χ4v) is 3.91. The quantitative estimate of drug-likeness (QED) is 0.737. The zero-order chi connectivity index (χ0) is 11.3. The van der Waals surface area contributed by atoms with Crippen molar-refractivity contribution in [3.05, 3.63) is 0 Å². The second kappa shape index (κ2) is 6.18. The van der Waals surface area contributed by atoms with E-state index in [0.717, 1.165) is 25.7 Å². The molecule has 15 heavy (non-hydrogen) atoms. The van der Waals surface area contributed by atoms with Crippen molar-refractivity contribution in [3.63, 3.8) is 0 Å². The Labute approximate surface area is 101 Å². The van der Waals surface area contributed by atoms with E-state index in [2.05, 4.69) is 15.9 Å². The fraction of sp³-hybridized carbons (Fsp3) is 1.00. The molecule has 0 bridgehead atoms. The van der Waals surface area contributed by atoms with Gasteiger partial charge in [-0.15, -0.1) is 0 Å². The van der Waals surface area contributed by atoms with E-state index < -0.39 is 10.2 Å². The minimum absolute atomic E-state index is 0.527. The molecule has 0 amide bonds. The molecule has 6 heteroatoms. The molecular weight excluding hydrogens is 280 g/mol. The molecule has 0 saturated carbocycles. The van der Waals surface area contributed by atoms with Crippen molar-refractivity contribution in [2.24, 2.45) is 0 Å². The summed E-state index contributed by atoms with van der Waals surface area (Å²) in [5.74, 6) is 0. The van der Waals surface area contributed by atoms with Crippen molar-refractivity contribution in [2.75, 3.05) is 32.0 Å². The Balaban J connectivity index is 2.66. The molecule has 0 spiro atoms. The molecule has 1 aliphatic rings. The molecule has 0 radical (unpaired) electrons. The molecular formula is C9H19BrN2O2S. The van der Waals surface area contributed by atoms with Gasteiger partial charge in [-0.3, -0.25) is 0 Å². The predicted molar refractivity (Wildman–Crippen MR) is 65.4 cm³/mol. The summed E-state index contributed by atoms with van der Waals surface area (Å²) in [6.07, 6.45) is 4.27. The van der Waals surface area contributed by atoms with Crippen LogP contribution in [0.1, 0.15) is 25.7 Å². The van der Waals surface area contributed by atoms with Crippen LogP contribution in [0.25, 0.3) is 0 Å². The standard InChI is InChI=1S/C9H19BrN2O2S/c1-11(9-6-10)15(13,14)12-7-4-2-3-5-8-12/h2-9H2,1H3. The maximum Gasteiger partial charge on any atom is 0.281 e. The summed E-state index contributed by atoms with van der Waals surface area (Å²) < 4.78 is 27.2. The second-order valence-electron chi connectivity index (χ2n) is 3.83. The summed E-state index contributed by atoms with van der Waals surface area (Å²) in [6.45, 7) is 1.88. The summed E-state index contributed by atoms with van der Waals surface area (Å²) in [5, 5.41) is 0.677. The predicted octanol–water partition coefficient (Wildman–Crippen LogP) is 1.43. The number of hydrogen-bond acceptors (Lipinski definition) is 2. The molecule has 1 fully saturated rings. The van der Waals surface area contributed by atoms with Gasteiger partial charge in [-0.05, 0) is 12.8 Å². The van der Waals surface area contributed by atoms with Gasteiger partial charge in [-0.25, -0.2) is 0 Å². The molecule has 0 atom stereocenters. The lowest BCUT2D eigenvalue weighted by molar-refractivity contribution is 0.372. The Morgan fingerprint density at radius 3 is 2.20 bits per heavy atom. The number of hydrogen-bond donors (Lipinski definition) is 0. The largest absolute Gasteiger partial charge is 0.281 e. The highest BCUT2D eigenvalue weighted by Crippen LogP contribution is 2.15. The van der Waals surface area contributed by atoms with Crippen LogP contribution in [0.3, 0.4) is 0 Å². The van der Waals surface area contributed by atoms with Crippen LogP contribution in [0, 0.1) is 0 Å². The Hall–Kier alpha value is 0.350. The van der Waals surface area contributed by atoms with Crippen LogP contribution in [0.5, 0.6) is 0 Å². The first kappa shape index (κ1) is 13.4. The fourth-order valence-electron chi connectivity index (χ4n) is 1.70.